The van der Waals surface area contributed by atoms with Crippen LogP contribution in [0.25, 0.3) is 0 Å². The van der Waals surface area contributed by atoms with Crippen LogP contribution in [0.5, 0.6) is 0 Å². The summed E-state index contributed by atoms with van der Waals surface area (Å²) in [5, 5.41) is 2.79. The third-order valence-corrected chi connectivity index (χ3v) is 5.27. The van der Waals surface area contributed by atoms with E-state index in [1.54, 1.807) is 0 Å². The molecule has 6 heteroatoms. The van der Waals surface area contributed by atoms with Crippen LogP contribution < -0.4 is 9.62 Å². The van der Waals surface area contributed by atoms with Crippen molar-refractivity contribution in [3.63, 3.8) is 0 Å². The highest BCUT2D eigenvalue weighted by atomic mass is 32.2. The van der Waals surface area contributed by atoms with Crippen LogP contribution in [-0.4, -0.2) is 27.1 Å². The predicted molar refractivity (Wildman–Crippen MR) is 106 cm³/mol. The second-order valence-corrected chi connectivity index (χ2v) is 8.61. The van der Waals surface area contributed by atoms with Crippen LogP contribution in [0.3, 0.4) is 0 Å². The molecular formula is C20H26N2O3S. The minimum Gasteiger partial charge on any atom is -0.350 e. The van der Waals surface area contributed by atoms with Crippen molar-refractivity contribution in [3.05, 3.63) is 65.2 Å². The summed E-state index contributed by atoms with van der Waals surface area (Å²) in [4.78, 5) is 12.4. The fraction of sp³-hybridized carbons (Fsp3) is 0.350. The first-order valence-corrected chi connectivity index (χ1v) is 10.4. The molecule has 0 saturated heterocycles. The Bertz CT molecular complexity index is 862. The molecule has 0 radical (unpaired) electrons. The van der Waals surface area contributed by atoms with Gasteiger partial charge in [0.1, 0.15) is 6.54 Å². The molecule has 2 aromatic carbocycles. The van der Waals surface area contributed by atoms with Crippen LogP contribution in [0.4, 0.5) is 5.69 Å². The average Bonchev–Trinajstić information content (AvgIpc) is 2.58. The third kappa shape index (κ3) is 5.08. The monoisotopic (exact) mass is 374 g/mol. The van der Waals surface area contributed by atoms with Gasteiger partial charge in [-0.2, -0.15) is 0 Å². The van der Waals surface area contributed by atoms with Crippen molar-refractivity contribution in [3.8, 4) is 0 Å². The Morgan fingerprint density at radius 1 is 1.08 bits per heavy atom. The van der Waals surface area contributed by atoms with E-state index in [0.717, 1.165) is 22.9 Å². The first-order chi connectivity index (χ1) is 12.2. The minimum atomic E-state index is -3.60. The Morgan fingerprint density at radius 3 is 2.31 bits per heavy atom. The molecule has 0 atom stereocenters. The number of hydrogen-bond donors (Lipinski definition) is 1. The van der Waals surface area contributed by atoms with Crippen molar-refractivity contribution in [1.29, 1.82) is 0 Å². The number of nitrogens with zero attached hydrogens (tertiary/aromatic N) is 1. The molecule has 0 aliphatic carbocycles. The number of rotatable bonds is 7. The molecule has 140 valence electrons. The van der Waals surface area contributed by atoms with Crippen molar-refractivity contribution in [2.24, 2.45) is 0 Å². The van der Waals surface area contributed by atoms with Gasteiger partial charge in [-0.1, -0.05) is 62.4 Å². The highest BCUT2D eigenvalue weighted by molar-refractivity contribution is 7.92. The Kier molecular flexibility index (Phi) is 6.42. The second kappa shape index (κ2) is 8.36. The van der Waals surface area contributed by atoms with E-state index in [9.17, 15) is 13.2 Å². The van der Waals surface area contributed by atoms with Gasteiger partial charge in [-0.25, -0.2) is 8.42 Å². The highest BCUT2D eigenvalue weighted by Crippen LogP contribution is 2.32. The van der Waals surface area contributed by atoms with Crippen LogP contribution in [0.1, 0.15) is 36.5 Å². The normalized spacial score (nSPS) is 11.4. The number of carbonyl (C=O) groups is 1. The summed E-state index contributed by atoms with van der Waals surface area (Å²) in [5.74, 6) is -0.196. The molecule has 0 fully saturated rings. The molecule has 0 spiro atoms. The number of anilines is 1. The molecule has 2 aromatic rings. The molecule has 0 aromatic heterocycles. The standard InChI is InChI=1S/C20H26N2O3S/c1-15(2)18-12-8-9-16(3)20(18)22(26(4,24)25)14-19(23)21-13-17-10-6-5-7-11-17/h5-12,15H,13-14H2,1-4H3,(H,21,23). The van der Waals surface area contributed by atoms with Crippen molar-refractivity contribution in [1.82, 2.24) is 5.32 Å². The van der Waals surface area contributed by atoms with Gasteiger partial charge >= 0.3 is 0 Å². The number of para-hydroxylation sites is 1. The maximum absolute atomic E-state index is 12.4. The van der Waals surface area contributed by atoms with Crippen molar-refractivity contribution in [2.45, 2.75) is 33.2 Å². The zero-order chi connectivity index (χ0) is 19.3. The third-order valence-electron chi connectivity index (χ3n) is 4.16. The summed E-state index contributed by atoms with van der Waals surface area (Å²) in [5.41, 5.74) is 3.30. The predicted octanol–water partition coefficient (Wildman–Crippen LogP) is 3.20. The molecule has 0 bridgehead atoms. The molecule has 1 N–H and O–H groups in total. The maximum atomic E-state index is 12.4. The number of carbonyl (C=O) groups excluding carboxylic acids is 1. The average molecular weight is 375 g/mol. The summed E-state index contributed by atoms with van der Waals surface area (Å²) in [6.45, 7) is 6.00. The Labute approximate surface area is 156 Å². The number of hydrogen-bond acceptors (Lipinski definition) is 3. The topological polar surface area (TPSA) is 66.5 Å². The van der Waals surface area contributed by atoms with Gasteiger partial charge in [-0.05, 0) is 29.5 Å². The molecular weight excluding hydrogens is 348 g/mol. The van der Waals surface area contributed by atoms with E-state index >= 15 is 0 Å². The molecule has 0 unspecified atom stereocenters. The Hall–Kier alpha value is -2.34. The van der Waals surface area contributed by atoms with Gasteiger partial charge < -0.3 is 5.32 Å². The van der Waals surface area contributed by atoms with Gasteiger partial charge in [-0.3, -0.25) is 9.10 Å². The summed E-state index contributed by atoms with van der Waals surface area (Å²) >= 11 is 0. The Morgan fingerprint density at radius 2 is 1.73 bits per heavy atom. The maximum Gasteiger partial charge on any atom is 0.241 e. The van der Waals surface area contributed by atoms with Gasteiger partial charge in [0.15, 0.2) is 0 Å². The number of benzene rings is 2. The summed E-state index contributed by atoms with van der Waals surface area (Å²) in [7, 11) is -3.60. The minimum absolute atomic E-state index is 0.140. The number of amides is 1. The first kappa shape index (κ1) is 20.0. The zero-order valence-corrected chi connectivity index (χ0v) is 16.5. The highest BCUT2D eigenvalue weighted by Gasteiger charge is 2.25. The molecule has 2 rings (SSSR count). The number of nitrogens with one attached hydrogen (secondary N) is 1. The van der Waals surface area contributed by atoms with Crippen LogP contribution >= 0.6 is 0 Å². The van der Waals surface area contributed by atoms with Gasteiger partial charge in [0.2, 0.25) is 15.9 Å². The fourth-order valence-electron chi connectivity index (χ4n) is 2.83. The van der Waals surface area contributed by atoms with Gasteiger partial charge in [-0.15, -0.1) is 0 Å². The lowest BCUT2D eigenvalue weighted by molar-refractivity contribution is -0.119. The van der Waals surface area contributed by atoms with Crippen LogP contribution in [-0.2, 0) is 21.4 Å². The molecule has 26 heavy (non-hydrogen) atoms. The molecule has 0 aliphatic rings. The molecule has 0 saturated carbocycles. The van der Waals surface area contributed by atoms with E-state index in [-0.39, 0.29) is 18.4 Å². The van der Waals surface area contributed by atoms with Gasteiger partial charge in [0, 0.05) is 6.54 Å². The lowest BCUT2D eigenvalue weighted by Gasteiger charge is -2.27. The van der Waals surface area contributed by atoms with E-state index in [2.05, 4.69) is 5.32 Å². The number of sulfonamides is 1. The SMILES string of the molecule is Cc1cccc(C(C)C)c1N(CC(=O)NCc1ccccc1)S(C)(=O)=O. The first-order valence-electron chi connectivity index (χ1n) is 8.58. The summed E-state index contributed by atoms with van der Waals surface area (Å²) in [6, 6.07) is 15.2. The molecule has 0 aliphatic heterocycles. The van der Waals surface area contributed by atoms with E-state index in [1.165, 1.54) is 4.31 Å². The smallest absolute Gasteiger partial charge is 0.241 e. The molecule has 0 heterocycles. The van der Waals surface area contributed by atoms with Crippen LogP contribution in [0.2, 0.25) is 0 Å². The Balaban J connectivity index is 2.26. The fourth-order valence-corrected chi connectivity index (χ4v) is 3.77. The largest absolute Gasteiger partial charge is 0.350 e. The van der Waals surface area contributed by atoms with Gasteiger partial charge in [0.25, 0.3) is 0 Å². The molecule has 5 nitrogen and oxygen atoms in total. The quantitative estimate of drug-likeness (QED) is 0.809. The number of aryl methyl sites for hydroxylation is 1. The molecule has 1 amide bonds. The van der Waals surface area contributed by atoms with E-state index in [0.29, 0.717) is 12.2 Å². The summed E-state index contributed by atoms with van der Waals surface area (Å²) in [6.07, 6.45) is 1.13. The van der Waals surface area contributed by atoms with Crippen LogP contribution in [0, 0.1) is 6.92 Å². The van der Waals surface area contributed by atoms with Crippen molar-refractivity contribution < 1.29 is 13.2 Å². The second-order valence-electron chi connectivity index (χ2n) is 6.70. The lowest BCUT2D eigenvalue weighted by atomic mass is 9.98. The lowest BCUT2D eigenvalue weighted by Crippen LogP contribution is -2.41. The van der Waals surface area contributed by atoms with E-state index in [4.69, 9.17) is 0 Å². The van der Waals surface area contributed by atoms with Crippen molar-refractivity contribution in [2.75, 3.05) is 17.1 Å². The van der Waals surface area contributed by atoms with Crippen LogP contribution in [0.15, 0.2) is 48.5 Å². The van der Waals surface area contributed by atoms with Crippen molar-refractivity contribution >= 4 is 21.6 Å². The zero-order valence-electron chi connectivity index (χ0n) is 15.7. The van der Waals surface area contributed by atoms with E-state index < -0.39 is 10.0 Å². The van der Waals surface area contributed by atoms with Gasteiger partial charge in [0.05, 0.1) is 11.9 Å². The van der Waals surface area contributed by atoms with E-state index in [1.807, 2.05) is 69.3 Å². The summed E-state index contributed by atoms with van der Waals surface area (Å²) < 4.78 is 26.0.